The van der Waals surface area contributed by atoms with Crippen molar-refractivity contribution in [3.05, 3.63) is 47.5 Å². The maximum absolute atomic E-state index is 12.6. The van der Waals surface area contributed by atoms with Crippen LogP contribution in [0.1, 0.15) is 24.5 Å². The average Bonchev–Trinajstić information content (AvgIpc) is 3.34. The van der Waals surface area contributed by atoms with Crippen LogP contribution >= 0.6 is 0 Å². The fourth-order valence-corrected chi connectivity index (χ4v) is 5.72. The lowest BCUT2D eigenvalue weighted by molar-refractivity contribution is -0.214. The van der Waals surface area contributed by atoms with E-state index in [1.165, 1.54) is 0 Å². The van der Waals surface area contributed by atoms with Gasteiger partial charge in [0.2, 0.25) is 0 Å². The topological polar surface area (TPSA) is 212 Å². The van der Waals surface area contributed by atoms with Gasteiger partial charge in [-0.05, 0) is 37.6 Å². The molecule has 246 valence electrons. The minimum Gasteiger partial charge on any atom is -0.465 e. The third-order valence-electron chi connectivity index (χ3n) is 8.20. The molecule has 8 N–H and O–H groups in total. The molecule has 2 saturated heterocycles. The fourth-order valence-electron chi connectivity index (χ4n) is 5.72. The van der Waals surface area contributed by atoms with Gasteiger partial charge in [0.25, 0.3) is 0 Å². The lowest BCUT2D eigenvalue weighted by Crippen LogP contribution is -2.58. The molecule has 0 unspecified atom stereocenters. The van der Waals surface area contributed by atoms with Gasteiger partial charge in [0.05, 0.1) is 30.4 Å². The van der Waals surface area contributed by atoms with Crippen LogP contribution in [-0.4, -0.2) is 132 Å². The van der Waals surface area contributed by atoms with E-state index in [4.69, 9.17) is 14.2 Å². The molecule has 5 rings (SSSR count). The lowest BCUT2D eigenvalue weighted by atomic mass is 9.93. The SMILES string of the molecule is CCOC(=O)Cn1c2cc(C#C[C@H]3O[C@H](CO)[C@@H](O)[C@H](O)[C@@H]3O)ccc2c2ccc(C#C[C@H]3O[C@H](CCO)[C@@H](O)[C@H](O)[C@@H]3O)cc21. The van der Waals surface area contributed by atoms with Crippen LogP contribution in [0.5, 0.6) is 0 Å². The smallest absolute Gasteiger partial charge is 0.325 e. The van der Waals surface area contributed by atoms with Gasteiger partial charge < -0.3 is 59.6 Å². The predicted octanol–water partition coefficient (Wildman–Crippen LogP) is -1.86. The summed E-state index contributed by atoms with van der Waals surface area (Å²) in [5.74, 6) is 10.9. The average molecular weight is 640 g/mol. The molecule has 3 heterocycles. The minimum atomic E-state index is -1.55. The quantitative estimate of drug-likeness (QED) is 0.110. The summed E-state index contributed by atoms with van der Waals surface area (Å²) in [7, 11) is 0. The molecule has 2 fully saturated rings. The number of hydrogen-bond donors (Lipinski definition) is 8. The van der Waals surface area contributed by atoms with Crippen LogP contribution in [0.25, 0.3) is 21.8 Å². The first-order valence-electron chi connectivity index (χ1n) is 14.9. The molecule has 2 aromatic carbocycles. The van der Waals surface area contributed by atoms with E-state index in [1.807, 2.05) is 12.1 Å². The van der Waals surface area contributed by atoms with Crippen molar-refractivity contribution in [3.63, 3.8) is 0 Å². The number of hydrogen-bond acceptors (Lipinski definition) is 12. The highest BCUT2D eigenvalue weighted by Gasteiger charge is 2.43. The molecule has 1 aromatic heterocycles. The Bertz CT molecular complexity index is 1680. The number of aliphatic hydroxyl groups is 8. The number of rotatable bonds is 6. The van der Waals surface area contributed by atoms with Gasteiger partial charge in [0, 0.05) is 28.5 Å². The number of carbonyl (C=O) groups excluding carboxylic acids is 1. The van der Waals surface area contributed by atoms with Crippen LogP contribution in [0.15, 0.2) is 36.4 Å². The molecule has 0 saturated carbocycles. The Hall–Kier alpha value is -3.57. The summed E-state index contributed by atoms with van der Waals surface area (Å²) < 4.78 is 18.1. The maximum atomic E-state index is 12.6. The zero-order valence-corrected chi connectivity index (χ0v) is 24.9. The van der Waals surface area contributed by atoms with E-state index in [0.29, 0.717) is 22.2 Å². The van der Waals surface area contributed by atoms with E-state index in [1.54, 1.807) is 35.8 Å². The molecule has 3 aromatic rings. The molecular weight excluding hydrogens is 602 g/mol. The summed E-state index contributed by atoms with van der Waals surface area (Å²) >= 11 is 0. The molecule has 0 amide bonds. The molecule has 13 nitrogen and oxygen atoms in total. The number of fused-ring (bicyclic) bond motifs is 3. The van der Waals surface area contributed by atoms with Crippen molar-refractivity contribution in [2.24, 2.45) is 0 Å². The van der Waals surface area contributed by atoms with Crippen LogP contribution < -0.4 is 0 Å². The maximum Gasteiger partial charge on any atom is 0.325 e. The first-order valence-corrected chi connectivity index (χ1v) is 14.9. The molecular formula is C33H37NO12. The van der Waals surface area contributed by atoms with Crippen LogP contribution in [0.4, 0.5) is 0 Å². The molecule has 0 bridgehead atoms. The third-order valence-corrected chi connectivity index (χ3v) is 8.20. The summed E-state index contributed by atoms with van der Waals surface area (Å²) in [4.78, 5) is 12.6. The van der Waals surface area contributed by atoms with Gasteiger partial charge in [0.1, 0.15) is 61.5 Å². The Balaban J connectivity index is 1.51. The van der Waals surface area contributed by atoms with Crippen molar-refractivity contribution < 1.29 is 59.9 Å². The number of ether oxygens (including phenoxy) is 3. The van der Waals surface area contributed by atoms with E-state index in [2.05, 4.69) is 23.7 Å². The second-order valence-electron chi connectivity index (χ2n) is 11.2. The van der Waals surface area contributed by atoms with Crippen LogP contribution in [0, 0.1) is 23.7 Å². The second-order valence-corrected chi connectivity index (χ2v) is 11.2. The van der Waals surface area contributed by atoms with Gasteiger partial charge in [-0.25, -0.2) is 0 Å². The molecule has 46 heavy (non-hydrogen) atoms. The Morgan fingerprint density at radius 2 is 1.26 bits per heavy atom. The van der Waals surface area contributed by atoms with Crippen molar-refractivity contribution in [1.82, 2.24) is 4.57 Å². The van der Waals surface area contributed by atoms with Crippen molar-refractivity contribution >= 4 is 27.8 Å². The number of aliphatic hydroxyl groups excluding tert-OH is 8. The summed E-state index contributed by atoms with van der Waals surface area (Å²) in [6.07, 6.45) is -13.1. The van der Waals surface area contributed by atoms with Gasteiger partial charge >= 0.3 is 5.97 Å². The first kappa shape index (κ1) is 33.8. The van der Waals surface area contributed by atoms with Crippen molar-refractivity contribution in [2.45, 2.75) is 80.9 Å². The van der Waals surface area contributed by atoms with Gasteiger partial charge in [-0.15, -0.1) is 0 Å². The first-order chi connectivity index (χ1) is 22.1. The molecule has 2 aliphatic rings. The van der Waals surface area contributed by atoms with Crippen LogP contribution in [0.2, 0.25) is 0 Å². The highest BCUT2D eigenvalue weighted by atomic mass is 16.5. The summed E-state index contributed by atoms with van der Waals surface area (Å²) in [6.45, 7) is 0.898. The second kappa shape index (κ2) is 14.5. The Kier molecular flexibility index (Phi) is 10.6. The largest absolute Gasteiger partial charge is 0.465 e. The van der Waals surface area contributed by atoms with Crippen LogP contribution in [0.3, 0.4) is 0 Å². The van der Waals surface area contributed by atoms with Crippen molar-refractivity contribution in [1.29, 1.82) is 0 Å². The molecule has 0 radical (unpaired) electrons. The zero-order valence-electron chi connectivity index (χ0n) is 24.9. The number of aromatic nitrogens is 1. The van der Waals surface area contributed by atoms with Gasteiger partial charge in [-0.1, -0.05) is 35.8 Å². The molecule has 13 heteroatoms. The van der Waals surface area contributed by atoms with E-state index in [-0.39, 0.29) is 26.2 Å². The highest BCUT2D eigenvalue weighted by molar-refractivity contribution is 6.09. The fraction of sp³-hybridized carbons (Fsp3) is 0.485. The number of esters is 1. The standard InChI is InChI=1S/C33H37NO12/c1-2-44-27(37)15-34-21-13-17(5-9-23-28(38)32(42)30(40)25(45-23)11-12-35)3-7-19(21)20-8-4-18(14-22(20)34)6-10-24-29(39)33(43)31(41)26(16-36)46-24/h3-4,7-8,13-14,23-26,28-33,35-36,38-43H,2,11-12,15-16H2,1H3/t23-,24-,25-,26-,28-,29-,30-,31-,32-,33-/m1/s1. The molecule has 0 aliphatic carbocycles. The van der Waals surface area contributed by atoms with Gasteiger partial charge in [-0.2, -0.15) is 0 Å². The molecule has 10 atom stereocenters. The van der Waals surface area contributed by atoms with Crippen molar-refractivity contribution in [2.75, 3.05) is 19.8 Å². The lowest BCUT2D eigenvalue weighted by Gasteiger charge is -2.38. The number of nitrogens with zero attached hydrogens (tertiary/aromatic N) is 1. The van der Waals surface area contributed by atoms with Crippen molar-refractivity contribution in [3.8, 4) is 23.7 Å². The Morgan fingerprint density at radius 1 is 0.761 bits per heavy atom. The Labute approximate surface area is 264 Å². The monoisotopic (exact) mass is 639 g/mol. The van der Waals surface area contributed by atoms with Gasteiger partial charge in [0.15, 0.2) is 0 Å². The van der Waals surface area contributed by atoms with E-state index < -0.39 is 73.6 Å². The van der Waals surface area contributed by atoms with Crippen LogP contribution in [-0.2, 0) is 25.5 Å². The van der Waals surface area contributed by atoms with E-state index in [9.17, 15) is 45.6 Å². The van der Waals surface area contributed by atoms with Gasteiger partial charge in [-0.3, -0.25) is 4.79 Å². The normalized spacial score (nSPS) is 31.2. The summed E-state index contributed by atoms with van der Waals surface area (Å²) in [5.41, 5.74) is 2.30. The van der Waals surface area contributed by atoms with E-state index >= 15 is 0 Å². The number of carbonyl (C=O) groups is 1. The Morgan fingerprint density at radius 3 is 1.74 bits per heavy atom. The summed E-state index contributed by atoms with van der Waals surface area (Å²) in [5, 5.41) is 81.6. The predicted molar refractivity (Wildman–Crippen MR) is 162 cm³/mol. The number of benzene rings is 2. The molecule has 2 aliphatic heterocycles. The third kappa shape index (κ3) is 6.76. The minimum absolute atomic E-state index is 0.0535. The highest BCUT2D eigenvalue weighted by Crippen LogP contribution is 2.31. The summed E-state index contributed by atoms with van der Waals surface area (Å²) in [6, 6.07) is 10.6. The van der Waals surface area contributed by atoms with E-state index in [0.717, 1.165) is 10.8 Å². The zero-order chi connectivity index (χ0) is 33.1. The molecule has 0 spiro atoms.